The average molecular weight is 564 g/mol. The molecule has 3 aromatic rings. The van der Waals surface area contributed by atoms with E-state index in [1.54, 1.807) is 18.2 Å². The number of carbonyl (C=O) groups is 1. The largest absolute Gasteiger partial charge is 0.494 e. The van der Waals surface area contributed by atoms with Crippen LogP contribution in [0.5, 0.6) is 5.75 Å². The van der Waals surface area contributed by atoms with Crippen LogP contribution in [0.4, 0.5) is 28.9 Å². The number of benzene rings is 1. The van der Waals surface area contributed by atoms with Crippen LogP contribution in [-0.2, 0) is 6.42 Å². The molecule has 0 aliphatic carbocycles. The van der Waals surface area contributed by atoms with Gasteiger partial charge in [-0.25, -0.2) is 9.37 Å². The smallest absolute Gasteiger partial charge is 0.393 e. The molecule has 2 atom stereocenters. The first-order chi connectivity index (χ1) is 18.6. The number of rotatable bonds is 7. The van der Waals surface area contributed by atoms with Crippen molar-refractivity contribution in [1.82, 2.24) is 15.2 Å². The molecule has 3 heterocycles. The zero-order valence-corrected chi connectivity index (χ0v) is 22.5. The molecule has 1 fully saturated rings. The lowest BCUT2D eigenvalue weighted by Crippen LogP contribution is -2.46. The second kappa shape index (κ2) is 12.1. The number of alkyl halides is 4. The topological polar surface area (TPSA) is 78.5 Å². The lowest BCUT2D eigenvalue weighted by atomic mass is 10.0. The Labute approximate surface area is 227 Å². The second-order valence-corrected chi connectivity index (χ2v) is 10.2. The summed E-state index contributed by atoms with van der Waals surface area (Å²) in [4.78, 5) is 18.1. The molecule has 7 nitrogen and oxygen atoms in total. The first kappa shape index (κ1) is 28.4. The lowest BCUT2D eigenvalue weighted by molar-refractivity contribution is -0.126. The summed E-state index contributed by atoms with van der Waals surface area (Å²) in [6.45, 7) is 1.13. The molecule has 0 bridgehead atoms. The normalized spacial score (nSPS) is 17.8. The van der Waals surface area contributed by atoms with Crippen LogP contribution in [0.1, 0.15) is 27.3 Å². The Kier molecular flexibility index (Phi) is 8.82. The highest BCUT2D eigenvalue weighted by Crippen LogP contribution is 2.39. The third kappa shape index (κ3) is 6.91. The number of nitrogens with zero attached hydrogens (tertiary/aromatic N) is 2. The molecule has 208 valence electrons. The van der Waals surface area contributed by atoms with Crippen LogP contribution >= 0.6 is 11.3 Å². The van der Waals surface area contributed by atoms with Gasteiger partial charge >= 0.3 is 6.18 Å². The maximum absolute atomic E-state index is 14.7. The van der Waals surface area contributed by atoms with Gasteiger partial charge < -0.3 is 25.6 Å². The maximum Gasteiger partial charge on any atom is 0.393 e. The van der Waals surface area contributed by atoms with Gasteiger partial charge in [0.05, 0.1) is 53.3 Å². The molecule has 1 saturated heterocycles. The van der Waals surface area contributed by atoms with E-state index in [2.05, 4.69) is 32.8 Å². The predicted octanol–water partition coefficient (Wildman–Crippen LogP) is 4.69. The van der Waals surface area contributed by atoms with Crippen LogP contribution in [-0.4, -0.2) is 75.0 Å². The molecule has 1 aromatic carbocycles. The first-order valence-electron chi connectivity index (χ1n) is 12.3. The molecule has 0 radical (unpaired) electrons. The molecule has 0 saturated carbocycles. The van der Waals surface area contributed by atoms with Crippen molar-refractivity contribution >= 4 is 38.7 Å². The van der Waals surface area contributed by atoms with Crippen molar-refractivity contribution in [1.29, 1.82) is 0 Å². The van der Waals surface area contributed by atoms with E-state index in [0.29, 0.717) is 45.1 Å². The van der Waals surface area contributed by atoms with E-state index in [1.807, 2.05) is 11.9 Å². The summed E-state index contributed by atoms with van der Waals surface area (Å²) >= 11 is 1.16. The Bertz CT molecular complexity index is 1400. The highest BCUT2D eigenvalue weighted by atomic mass is 32.1. The zero-order chi connectivity index (χ0) is 28.2. The second-order valence-electron chi connectivity index (χ2n) is 9.21. The molecular formula is C27H29F4N5O2S. The van der Waals surface area contributed by atoms with Crippen molar-refractivity contribution in [3.8, 4) is 17.6 Å². The van der Waals surface area contributed by atoms with Crippen LogP contribution < -0.4 is 20.7 Å². The molecule has 0 spiro atoms. The monoisotopic (exact) mass is 563 g/mol. The van der Waals surface area contributed by atoms with Gasteiger partial charge in [-0.3, -0.25) is 4.79 Å². The quantitative estimate of drug-likeness (QED) is 0.286. The van der Waals surface area contributed by atoms with E-state index in [1.165, 1.54) is 26.4 Å². The number of fused-ring (bicyclic) bond motifs is 1. The summed E-state index contributed by atoms with van der Waals surface area (Å²) < 4.78 is 61.2. The summed E-state index contributed by atoms with van der Waals surface area (Å²) in [5.41, 5.74) is 1.37. The molecule has 1 aliphatic rings. The van der Waals surface area contributed by atoms with Crippen molar-refractivity contribution in [3.63, 3.8) is 0 Å². The van der Waals surface area contributed by atoms with Crippen LogP contribution in [0.25, 0.3) is 10.1 Å². The number of aromatic nitrogens is 1. The summed E-state index contributed by atoms with van der Waals surface area (Å²) in [6, 6.07) is 6.15. The zero-order valence-electron chi connectivity index (χ0n) is 21.7. The van der Waals surface area contributed by atoms with Crippen molar-refractivity contribution in [2.24, 2.45) is 0 Å². The van der Waals surface area contributed by atoms with E-state index in [0.717, 1.165) is 17.9 Å². The van der Waals surface area contributed by atoms with Crippen LogP contribution in [0.2, 0.25) is 0 Å². The van der Waals surface area contributed by atoms with E-state index < -0.39 is 24.8 Å². The van der Waals surface area contributed by atoms with Crippen molar-refractivity contribution in [3.05, 3.63) is 46.6 Å². The predicted molar refractivity (Wildman–Crippen MR) is 146 cm³/mol. The SMILES string of the molecule is CNC(=O)c1cc(OC)c(NCC#Cc2sc3c(NC4CCN(C)CC4F)cccc3c2CC(F)(F)F)cn1. The van der Waals surface area contributed by atoms with Crippen molar-refractivity contribution in [2.45, 2.75) is 31.2 Å². The number of piperidine rings is 1. The third-order valence-corrected chi connectivity index (χ3v) is 7.59. The van der Waals surface area contributed by atoms with Gasteiger partial charge in [0.2, 0.25) is 0 Å². The minimum atomic E-state index is -4.42. The maximum atomic E-state index is 14.7. The molecule has 39 heavy (non-hydrogen) atoms. The summed E-state index contributed by atoms with van der Waals surface area (Å²) in [7, 11) is 4.80. The summed E-state index contributed by atoms with van der Waals surface area (Å²) in [5.74, 6) is 5.78. The van der Waals surface area contributed by atoms with Crippen molar-refractivity contribution < 1.29 is 27.1 Å². The van der Waals surface area contributed by atoms with Gasteiger partial charge in [0.1, 0.15) is 17.6 Å². The van der Waals surface area contributed by atoms with Crippen LogP contribution in [0.15, 0.2) is 30.5 Å². The van der Waals surface area contributed by atoms with E-state index in [-0.39, 0.29) is 23.7 Å². The number of ether oxygens (including phenoxy) is 1. The lowest BCUT2D eigenvalue weighted by Gasteiger charge is -2.33. The first-order valence-corrected chi connectivity index (χ1v) is 13.1. The van der Waals surface area contributed by atoms with Gasteiger partial charge in [0, 0.05) is 26.2 Å². The van der Waals surface area contributed by atoms with Gasteiger partial charge in [-0.05, 0) is 30.5 Å². The number of anilines is 2. The summed E-state index contributed by atoms with van der Waals surface area (Å²) in [5, 5.41) is 9.20. The molecule has 1 aliphatic heterocycles. The van der Waals surface area contributed by atoms with Gasteiger partial charge in [-0.2, -0.15) is 13.2 Å². The fourth-order valence-corrected chi connectivity index (χ4v) is 5.61. The van der Waals surface area contributed by atoms with Crippen LogP contribution in [0.3, 0.4) is 0 Å². The fourth-order valence-electron chi connectivity index (χ4n) is 4.43. The summed E-state index contributed by atoms with van der Waals surface area (Å²) in [6.07, 6.45) is -4.60. The number of amides is 1. The number of thiophene rings is 1. The van der Waals surface area contributed by atoms with Crippen LogP contribution in [0, 0.1) is 11.8 Å². The molecule has 1 amide bonds. The highest BCUT2D eigenvalue weighted by molar-refractivity contribution is 7.20. The Morgan fingerprint density at radius 1 is 1.31 bits per heavy atom. The third-order valence-electron chi connectivity index (χ3n) is 6.40. The Morgan fingerprint density at radius 2 is 2.10 bits per heavy atom. The van der Waals surface area contributed by atoms with Crippen molar-refractivity contribution in [2.75, 3.05) is 51.5 Å². The molecule has 3 N–H and O–H groups in total. The minimum Gasteiger partial charge on any atom is -0.494 e. The Balaban J connectivity index is 1.59. The molecule has 12 heteroatoms. The molecule has 2 aromatic heterocycles. The number of methoxy groups -OCH3 is 1. The Morgan fingerprint density at radius 3 is 2.79 bits per heavy atom. The Hall–Kier alpha value is -3.56. The number of halogens is 4. The highest BCUT2D eigenvalue weighted by Gasteiger charge is 2.32. The number of carbonyl (C=O) groups excluding carboxylic acids is 1. The fraction of sp³-hybridized carbons (Fsp3) is 0.407. The van der Waals surface area contributed by atoms with E-state index in [4.69, 9.17) is 4.74 Å². The average Bonchev–Trinajstić information content (AvgIpc) is 3.24. The standard InChI is InChI=1S/C27H29F4N5O2S/c1-32-26(37)21-12-23(38-3)22(14-34-21)33-10-5-8-24-17(13-27(29,30)31)16-6-4-7-20(25(16)39-24)35-19-9-11-36(2)15-18(19)28/h4,6-7,12,14,18-19,33,35H,9-11,13,15H2,1-3H3,(H,32,37). The van der Waals surface area contributed by atoms with Gasteiger partial charge in [-0.1, -0.05) is 24.0 Å². The number of likely N-dealkylation sites (tertiary alicyclic amines) is 1. The molecule has 2 unspecified atom stereocenters. The number of hydrogen-bond donors (Lipinski definition) is 3. The van der Waals surface area contributed by atoms with Gasteiger partial charge in [-0.15, -0.1) is 11.3 Å². The van der Waals surface area contributed by atoms with Gasteiger partial charge in [0.15, 0.2) is 0 Å². The van der Waals surface area contributed by atoms with Gasteiger partial charge in [0.25, 0.3) is 5.91 Å². The molecule has 4 rings (SSSR count). The molecular weight excluding hydrogens is 534 g/mol. The number of nitrogens with one attached hydrogen (secondary N) is 3. The number of pyridine rings is 1. The number of hydrogen-bond acceptors (Lipinski definition) is 7. The van der Waals surface area contributed by atoms with E-state index >= 15 is 0 Å². The van der Waals surface area contributed by atoms with E-state index in [9.17, 15) is 22.4 Å². The minimum absolute atomic E-state index is 0.0985.